The van der Waals surface area contributed by atoms with Crippen molar-refractivity contribution in [1.29, 1.82) is 0 Å². The number of aryl methyl sites for hydroxylation is 3. The van der Waals surface area contributed by atoms with Crippen LogP contribution in [0.3, 0.4) is 0 Å². The molecule has 0 aromatic heterocycles. The number of nitrogens with one attached hydrogen (secondary N) is 1. The van der Waals surface area contributed by atoms with Crippen LogP contribution in [0.15, 0.2) is 82.2 Å². The summed E-state index contributed by atoms with van der Waals surface area (Å²) in [6, 6.07) is 20.5. The normalized spacial score (nSPS) is 13.9. The molecule has 1 N–H and O–H groups in total. The molecule has 2 amide bonds. The Morgan fingerprint density at radius 1 is 0.806 bits per heavy atom. The predicted octanol–water partition coefficient (Wildman–Crippen LogP) is 6.25. The Morgan fingerprint density at radius 2 is 1.45 bits per heavy atom. The zero-order valence-electron chi connectivity index (χ0n) is 17.4. The van der Waals surface area contributed by atoms with Crippen molar-refractivity contribution in [2.75, 3.05) is 10.2 Å². The lowest BCUT2D eigenvalue weighted by Gasteiger charge is -2.16. The van der Waals surface area contributed by atoms with Gasteiger partial charge in [-0.1, -0.05) is 53.2 Å². The first-order valence-electron chi connectivity index (χ1n) is 9.81. The van der Waals surface area contributed by atoms with Crippen molar-refractivity contribution in [3.05, 3.63) is 99.0 Å². The van der Waals surface area contributed by atoms with Crippen LogP contribution in [0.2, 0.25) is 5.02 Å². The summed E-state index contributed by atoms with van der Waals surface area (Å²) in [5, 5.41) is 3.86. The number of carbonyl (C=O) groups is 2. The number of benzene rings is 3. The van der Waals surface area contributed by atoms with Gasteiger partial charge in [-0.25, -0.2) is 4.90 Å². The van der Waals surface area contributed by atoms with E-state index in [9.17, 15) is 9.59 Å². The van der Waals surface area contributed by atoms with E-state index in [0.717, 1.165) is 27.3 Å². The molecule has 3 aromatic rings. The maximum Gasteiger partial charge on any atom is 0.283 e. The smallest absolute Gasteiger partial charge is 0.283 e. The SMILES string of the molecule is Cc1ccc(N2C(=O)C(Nc3cc(C)ccc3C)=C(Sc3ccc(Cl)cc3)C2=O)cc1. The van der Waals surface area contributed by atoms with Gasteiger partial charge in [-0.15, -0.1) is 0 Å². The van der Waals surface area contributed by atoms with E-state index in [1.54, 1.807) is 24.3 Å². The highest BCUT2D eigenvalue weighted by molar-refractivity contribution is 8.04. The number of hydrogen-bond acceptors (Lipinski definition) is 4. The highest BCUT2D eigenvalue weighted by atomic mass is 35.5. The Labute approximate surface area is 190 Å². The number of thioether (sulfide) groups is 1. The Balaban J connectivity index is 1.77. The van der Waals surface area contributed by atoms with Crippen molar-refractivity contribution < 1.29 is 9.59 Å². The molecule has 4 rings (SSSR count). The van der Waals surface area contributed by atoms with Gasteiger partial charge in [-0.3, -0.25) is 9.59 Å². The summed E-state index contributed by atoms with van der Waals surface area (Å²) in [6.07, 6.45) is 0. The summed E-state index contributed by atoms with van der Waals surface area (Å²) >= 11 is 7.26. The van der Waals surface area contributed by atoms with Gasteiger partial charge < -0.3 is 5.32 Å². The molecule has 31 heavy (non-hydrogen) atoms. The molecule has 6 heteroatoms. The second kappa shape index (κ2) is 8.61. The van der Waals surface area contributed by atoms with Crippen molar-refractivity contribution >= 4 is 46.6 Å². The third-order valence-corrected chi connectivity index (χ3v) is 6.36. The molecule has 0 fully saturated rings. The molecule has 0 aliphatic carbocycles. The van der Waals surface area contributed by atoms with E-state index in [1.165, 1.54) is 16.7 Å². The number of halogens is 1. The highest BCUT2D eigenvalue weighted by Crippen LogP contribution is 2.38. The summed E-state index contributed by atoms with van der Waals surface area (Å²) in [5.74, 6) is -0.715. The third-order valence-electron chi connectivity index (χ3n) is 5.02. The summed E-state index contributed by atoms with van der Waals surface area (Å²) in [7, 11) is 0. The molecule has 0 bridgehead atoms. The van der Waals surface area contributed by atoms with Gasteiger partial charge in [0.1, 0.15) is 10.6 Å². The molecule has 156 valence electrons. The minimum absolute atomic E-state index is 0.277. The Morgan fingerprint density at radius 3 is 2.13 bits per heavy atom. The first-order chi connectivity index (χ1) is 14.8. The molecule has 0 saturated heterocycles. The number of rotatable bonds is 5. The Hall–Kier alpha value is -3.02. The van der Waals surface area contributed by atoms with Gasteiger partial charge in [-0.05, 0) is 74.4 Å². The van der Waals surface area contributed by atoms with Gasteiger partial charge in [0.2, 0.25) is 0 Å². The van der Waals surface area contributed by atoms with Crippen LogP contribution in [-0.4, -0.2) is 11.8 Å². The van der Waals surface area contributed by atoms with Crippen LogP contribution in [0, 0.1) is 20.8 Å². The van der Waals surface area contributed by atoms with E-state index in [2.05, 4.69) is 5.32 Å². The van der Waals surface area contributed by atoms with Gasteiger partial charge in [0.05, 0.1) is 5.69 Å². The van der Waals surface area contributed by atoms with Crippen molar-refractivity contribution in [3.8, 4) is 0 Å². The van der Waals surface area contributed by atoms with E-state index in [0.29, 0.717) is 15.6 Å². The van der Waals surface area contributed by atoms with Gasteiger partial charge in [0.15, 0.2) is 0 Å². The molecule has 0 saturated carbocycles. The van der Waals surface area contributed by atoms with Crippen LogP contribution in [0.5, 0.6) is 0 Å². The van der Waals surface area contributed by atoms with Crippen molar-refractivity contribution in [2.24, 2.45) is 0 Å². The number of amides is 2. The van der Waals surface area contributed by atoms with Gasteiger partial charge in [0.25, 0.3) is 11.8 Å². The quantitative estimate of drug-likeness (QED) is 0.468. The van der Waals surface area contributed by atoms with Crippen LogP contribution < -0.4 is 10.2 Å². The summed E-state index contributed by atoms with van der Waals surface area (Å²) < 4.78 is 0. The fourth-order valence-corrected chi connectivity index (χ4v) is 4.32. The van der Waals surface area contributed by atoms with Crippen LogP contribution in [0.4, 0.5) is 11.4 Å². The van der Waals surface area contributed by atoms with E-state index >= 15 is 0 Å². The molecule has 0 atom stereocenters. The first kappa shape index (κ1) is 21.2. The zero-order chi connectivity index (χ0) is 22.1. The van der Waals surface area contributed by atoms with Crippen molar-refractivity contribution in [1.82, 2.24) is 0 Å². The lowest BCUT2D eigenvalue weighted by Crippen LogP contribution is -2.32. The van der Waals surface area contributed by atoms with Crippen LogP contribution in [-0.2, 0) is 9.59 Å². The predicted molar refractivity (Wildman–Crippen MR) is 128 cm³/mol. The Kier molecular flexibility index (Phi) is 5.90. The average molecular weight is 449 g/mol. The van der Waals surface area contributed by atoms with E-state index < -0.39 is 0 Å². The van der Waals surface area contributed by atoms with Crippen LogP contribution in [0.25, 0.3) is 0 Å². The molecular weight excluding hydrogens is 428 g/mol. The molecule has 1 aliphatic heterocycles. The molecule has 0 radical (unpaired) electrons. The summed E-state index contributed by atoms with van der Waals surface area (Å²) in [4.78, 5) is 29.2. The second-order valence-electron chi connectivity index (χ2n) is 7.48. The number of nitrogens with zero attached hydrogens (tertiary/aromatic N) is 1. The summed E-state index contributed by atoms with van der Waals surface area (Å²) in [6.45, 7) is 5.92. The molecule has 0 spiro atoms. The highest BCUT2D eigenvalue weighted by Gasteiger charge is 2.40. The van der Waals surface area contributed by atoms with Crippen molar-refractivity contribution in [3.63, 3.8) is 0 Å². The monoisotopic (exact) mass is 448 g/mol. The third kappa shape index (κ3) is 4.38. The van der Waals surface area contributed by atoms with Gasteiger partial charge in [-0.2, -0.15) is 0 Å². The number of anilines is 2. The maximum atomic E-state index is 13.4. The Bertz CT molecular complexity index is 1200. The van der Waals surface area contributed by atoms with Crippen LogP contribution in [0.1, 0.15) is 16.7 Å². The van der Waals surface area contributed by atoms with Crippen molar-refractivity contribution in [2.45, 2.75) is 25.7 Å². The number of carbonyl (C=O) groups excluding carboxylic acids is 2. The minimum atomic E-state index is -0.369. The molecular formula is C25H21ClN2O2S. The minimum Gasteiger partial charge on any atom is -0.350 e. The lowest BCUT2D eigenvalue weighted by atomic mass is 10.1. The fourth-order valence-electron chi connectivity index (χ4n) is 3.27. The van der Waals surface area contributed by atoms with E-state index in [-0.39, 0.29) is 17.5 Å². The standard InChI is InChI=1S/C25H21ClN2O2S/c1-15-5-10-19(11-6-15)28-24(29)22(27-21-14-16(2)4-7-17(21)3)23(25(28)30)31-20-12-8-18(26)9-13-20/h4-14,27H,1-3H3. The van der Waals surface area contributed by atoms with E-state index in [1.807, 2.05) is 63.2 Å². The molecule has 4 nitrogen and oxygen atoms in total. The molecule has 1 heterocycles. The maximum absolute atomic E-state index is 13.4. The molecule has 3 aromatic carbocycles. The van der Waals surface area contributed by atoms with Gasteiger partial charge >= 0.3 is 0 Å². The average Bonchev–Trinajstić information content (AvgIpc) is 2.97. The topological polar surface area (TPSA) is 49.4 Å². The fraction of sp³-hybridized carbons (Fsp3) is 0.120. The summed E-state index contributed by atoms with van der Waals surface area (Å²) in [5.41, 5.74) is 4.74. The lowest BCUT2D eigenvalue weighted by molar-refractivity contribution is -0.120. The molecule has 0 unspecified atom stereocenters. The van der Waals surface area contributed by atoms with Crippen LogP contribution >= 0.6 is 23.4 Å². The second-order valence-corrected chi connectivity index (χ2v) is 9.00. The number of hydrogen-bond donors (Lipinski definition) is 1. The largest absolute Gasteiger partial charge is 0.350 e. The zero-order valence-corrected chi connectivity index (χ0v) is 19.0. The molecule has 1 aliphatic rings. The first-order valence-corrected chi connectivity index (χ1v) is 11.0. The number of imide groups is 1. The van der Waals surface area contributed by atoms with Gasteiger partial charge in [0, 0.05) is 15.6 Å². The van der Waals surface area contributed by atoms with E-state index in [4.69, 9.17) is 11.6 Å².